The molecule has 1 saturated carbocycles. The first-order chi connectivity index (χ1) is 12.0. The molecule has 1 aliphatic carbocycles. The number of nitrogens with one attached hydrogen (secondary N) is 2. The fraction of sp³-hybridized carbons (Fsp3) is 0.562. The van der Waals surface area contributed by atoms with Crippen LogP contribution in [0, 0.1) is 11.8 Å². The van der Waals surface area contributed by atoms with Gasteiger partial charge in [0.25, 0.3) is 0 Å². The third kappa shape index (κ3) is 3.06. The van der Waals surface area contributed by atoms with Crippen molar-refractivity contribution in [2.24, 2.45) is 18.9 Å². The number of hydrogen-bond acceptors (Lipinski definition) is 4. The number of likely N-dealkylation sites (tertiary alicyclic amines) is 1. The Morgan fingerprint density at radius 3 is 2.84 bits per heavy atom. The molecule has 2 aliphatic rings. The molecule has 0 spiro atoms. The van der Waals surface area contributed by atoms with E-state index in [4.69, 9.17) is 16.0 Å². The topological polar surface area (TPSA) is 96.2 Å². The summed E-state index contributed by atoms with van der Waals surface area (Å²) in [6.07, 6.45) is 3.29. The van der Waals surface area contributed by atoms with Crippen LogP contribution in [0.25, 0.3) is 0 Å². The first-order valence-corrected chi connectivity index (χ1v) is 8.82. The number of rotatable bonds is 4. The minimum Gasteiger partial charge on any atom is -0.448 e. The van der Waals surface area contributed by atoms with Crippen LogP contribution in [0.15, 0.2) is 21.3 Å². The van der Waals surface area contributed by atoms with Gasteiger partial charge in [0.2, 0.25) is 0 Å². The number of aromatic nitrogens is 3. The van der Waals surface area contributed by atoms with Crippen LogP contribution in [0.2, 0.25) is 5.22 Å². The summed E-state index contributed by atoms with van der Waals surface area (Å²) in [7, 11) is 1.68. The number of carbonyl (C=O) groups excluding carboxylic acids is 1. The number of H-pyrrole nitrogens is 1. The van der Waals surface area contributed by atoms with E-state index in [-0.39, 0.29) is 24.3 Å². The molecule has 2 unspecified atom stereocenters. The molecule has 134 valence electrons. The molecule has 8 nitrogen and oxygen atoms in total. The SMILES string of the molecule is Cn1c(C2C(C3CC3)CCN2C(=O)NCc2ccc(Cl)o2)n[nH]c1=O. The van der Waals surface area contributed by atoms with Crippen molar-refractivity contribution in [3.8, 4) is 0 Å². The monoisotopic (exact) mass is 365 g/mol. The minimum atomic E-state index is -0.262. The molecule has 1 aliphatic heterocycles. The zero-order valence-corrected chi connectivity index (χ0v) is 14.6. The van der Waals surface area contributed by atoms with Gasteiger partial charge < -0.3 is 14.6 Å². The highest BCUT2D eigenvalue weighted by atomic mass is 35.5. The van der Waals surface area contributed by atoms with Gasteiger partial charge in [-0.2, -0.15) is 5.10 Å². The molecular formula is C16H20ClN5O3. The van der Waals surface area contributed by atoms with Crippen LogP contribution in [0.1, 0.15) is 36.9 Å². The highest BCUT2D eigenvalue weighted by Crippen LogP contribution is 2.49. The quantitative estimate of drug-likeness (QED) is 0.866. The van der Waals surface area contributed by atoms with Gasteiger partial charge in [0.05, 0.1) is 12.6 Å². The number of aromatic amines is 1. The zero-order chi connectivity index (χ0) is 17.6. The van der Waals surface area contributed by atoms with Crippen molar-refractivity contribution in [3.63, 3.8) is 0 Å². The lowest BCUT2D eigenvalue weighted by Crippen LogP contribution is -2.41. The minimum absolute atomic E-state index is 0.184. The molecule has 2 amide bonds. The number of furan rings is 1. The summed E-state index contributed by atoms with van der Waals surface area (Å²) in [6, 6.07) is 3.01. The molecular weight excluding hydrogens is 346 g/mol. The molecule has 2 atom stereocenters. The van der Waals surface area contributed by atoms with E-state index < -0.39 is 0 Å². The van der Waals surface area contributed by atoms with Crippen molar-refractivity contribution in [1.82, 2.24) is 25.0 Å². The Kier molecular flexibility index (Phi) is 4.07. The number of carbonyl (C=O) groups is 1. The lowest BCUT2D eigenvalue weighted by Gasteiger charge is -2.27. The number of urea groups is 1. The van der Waals surface area contributed by atoms with Gasteiger partial charge in [-0.1, -0.05) is 0 Å². The summed E-state index contributed by atoms with van der Waals surface area (Å²) in [6.45, 7) is 0.917. The van der Waals surface area contributed by atoms with Crippen LogP contribution in [0.5, 0.6) is 0 Å². The summed E-state index contributed by atoms with van der Waals surface area (Å²) in [4.78, 5) is 26.3. The average molecular weight is 366 g/mol. The molecule has 2 fully saturated rings. The van der Waals surface area contributed by atoms with Gasteiger partial charge in [-0.3, -0.25) is 4.57 Å². The Balaban J connectivity index is 1.53. The smallest absolute Gasteiger partial charge is 0.343 e. The van der Waals surface area contributed by atoms with E-state index in [0.717, 1.165) is 6.42 Å². The molecule has 0 bridgehead atoms. The average Bonchev–Trinajstić information content (AvgIpc) is 3.07. The van der Waals surface area contributed by atoms with Crippen LogP contribution in [0.4, 0.5) is 4.79 Å². The third-order valence-electron chi connectivity index (χ3n) is 5.15. The molecule has 25 heavy (non-hydrogen) atoms. The fourth-order valence-electron chi connectivity index (χ4n) is 3.73. The number of halogens is 1. The second kappa shape index (κ2) is 6.25. The summed E-state index contributed by atoms with van der Waals surface area (Å²) < 4.78 is 6.77. The Hall–Kier alpha value is -2.22. The second-order valence-corrected chi connectivity index (χ2v) is 7.11. The van der Waals surface area contributed by atoms with Gasteiger partial charge in [-0.25, -0.2) is 14.7 Å². The predicted octanol–water partition coefficient (Wildman–Crippen LogP) is 2.04. The number of hydrogen-bond donors (Lipinski definition) is 2. The first kappa shape index (κ1) is 16.3. The largest absolute Gasteiger partial charge is 0.448 e. The Labute approximate surface area is 149 Å². The standard InChI is InChI=1S/C16H20ClN5O3/c1-21-14(19-20-16(21)24)13-11(9-2-3-9)6-7-22(13)15(23)18-8-10-4-5-12(17)25-10/h4-5,9,11,13H,2-3,6-8H2,1H3,(H,18,23)(H,20,24). The van der Waals surface area contributed by atoms with Crippen LogP contribution < -0.4 is 11.0 Å². The molecule has 2 N–H and O–H groups in total. The number of amides is 2. The second-order valence-electron chi connectivity index (χ2n) is 6.74. The summed E-state index contributed by atoms with van der Waals surface area (Å²) in [5, 5.41) is 9.83. The Morgan fingerprint density at radius 1 is 1.44 bits per heavy atom. The van der Waals surface area contributed by atoms with Crippen molar-refractivity contribution in [3.05, 3.63) is 39.4 Å². The maximum atomic E-state index is 12.7. The van der Waals surface area contributed by atoms with Gasteiger partial charge in [-0.05, 0) is 54.8 Å². The lowest BCUT2D eigenvalue weighted by molar-refractivity contribution is 0.177. The molecule has 3 heterocycles. The maximum Gasteiger partial charge on any atom is 0.343 e. The van der Waals surface area contributed by atoms with E-state index in [2.05, 4.69) is 15.5 Å². The van der Waals surface area contributed by atoms with Crippen molar-refractivity contribution in [1.29, 1.82) is 0 Å². The molecule has 4 rings (SSSR count). The number of nitrogens with zero attached hydrogens (tertiary/aromatic N) is 3. The van der Waals surface area contributed by atoms with Crippen molar-refractivity contribution >= 4 is 17.6 Å². The normalized spacial score (nSPS) is 23.2. The van der Waals surface area contributed by atoms with E-state index in [1.54, 1.807) is 24.1 Å². The molecule has 9 heteroatoms. The van der Waals surface area contributed by atoms with Gasteiger partial charge >= 0.3 is 11.7 Å². The van der Waals surface area contributed by atoms with Crippen LogP contribution >= 0.6 is 11.6 Å². The molecule has 0 aromatic carbocycles. The van der Waals surface area contributed by atoms with Crippen LogP contribution in [-0.2, 0) is 13.6 Å². The van der Waals surface area contributed by atoms with E-state index in [1.807, 2.05) is 0 Å². The van der Waals surface area contributed by atoms with Crippen LogP contribution in [-0.4, -0.2) is 32.2 Å². The van der Waals surface area contributed by atoms with Crippen molar-refractivity contribution in [2.75, 3.05) is 6.54 Å². The highest BCUT2D eigenvalue weighted by Gasteiger charge is 2.47. The van der Waals surface area contributed by atoms with Crippen molar-refractivity contribution in [2.45, 2.75) is 31.8 Å². The van der Waals surface area contributed by atoms with Crippen molar-refractivity contribution < 1.29 is 9.21 Å². The molecule has 2 aromatic rings. The van der Waals surface area contributed by atoms with E-state index in [9.17, 15) is 9.59 Å². The van der Waals surface area contributed by atoms with Gasteiger partial charge in [0, 0.05) is 13.6 Å². The van der Waals surface area contributed by atoms with E-state index >= 15 is 0 Å². The Morgan fingerprint density at radius 2 is 2.24 bits per heavy atom. The maximum absolute atomic E-state index is 12.7. The zero-order valence-electron chi connectivity index (χ0n) is 13.9. The summed E-state index contributed by atoms with van der Waals surface area (Å²) in [5.41, 5.74) is -0.262. The predicted molar refractivity (Wildman–Crippen MR) is 90.1 cm³/mol. The Bertz CT molecular complexity index is 837. The van der Waals surface area contributed by atoms with Gasteiger partial charge in [0.15, 0.2) is 11.0 Å². The highest BCUT2D eigenvalue weighted by molar-refractivity contribution is 6.28. The van der Waals surface area contributed by atoms with Gasteiger partial charge in [-0.15, -0.1) is 0 Å². The summed E-state index contributed by atoms with van der Waals surface area (Å²) in [5.74, 6) is 2.17. The third-order valence-corrected chi connectivity index (χ3v) is 5.36. The van der Waals surface area contributed by atoms with E-state index in [0.29, 0.717) is 35.2 Å². The lowest BCUT2D eigenvalue weighted by atomic mass is 9.94. The first-order valence-electron chi connectivity index (χ1n) is 8.44. The van der Waals surface area contributed by atoms with E-state index in [1.165, 1.54) is 17.4 Å². The molecule has 2 aromatic heterocycles. The fourth-order valence-corrected chi connectivity index (χ4v) is 3.89. The summed E-state index contributed by atoms with van der Waals surface area (Å²) >= 11 is 5.75. The van der Waals surface area contributed by atoms with Crippen LogP contribution in [0.3, 0.4) is 0 Å². The molecule has 1 saturated heterocycles. The van der Waals surface area contributed by atoms with Gasteiger partial charge in [0.1, 0.15) is 5.76 Å². The molecule has 0 radical (unpaired) electrons.